The van der Waals surface area contributed by atoms with Gasteiger partial charge in [0.1, 0.15) is 5.75 Å². The second-order valence-electron chi connectivity index (χ2n) is 6.36. The van der Waals surface area contributed by atoms with Gasteiger partial charge in [-0.25, -0.2) is 0 Å². The van der Waals surface area contributed by atoms with Gasteiger partial charge in [0, 0.05) is 26.4 Å². The number of ether oxygens (including phenoxy) is 1. The standard InChI is InChI=1S/C21H26N2O3/c1-15-6-5-7-18(12-15)14-22-21(25)10-11-23(17(3)24)19-13-16(2)8-9-20(19)26-4/h5-9,12-13H,10-11,14H2,1-4H3,(H,22,25). The Hall–Kier alpha value is -2.82. The van der Waals surface area contributed by atoms with Crippen LogP contribution in [-0.2, 0) is 16.1 Å². The molecule has 138 valence electrons. The summed E-state index contributed by atoms with van der Waals surface area (Å²) in [5.74, 6) is 0.399. The predicted molar refractivity (Wildman–Crippen MR) is 103 cm³/mol. The lowest BCUT2D eigenvalue weighted by molar-refractivity contribution is -0.121. The first-order valence-corrected chi connectivity index (χ1v) is 8.65. The summed E-state index contributed by atoms with van der Waals surface area (Å²) in [4.78, 5) is 25.9. The van der Waals surface area contributed by atoms with Crippen LogP contribution in [-0.4, -0.2) is 25.5 Å². The van der Waals surface area contributed by atoms with E-state index in [0.717, 1.165) is 16.7 Å². The van der Waals surface area contributed by atoms with Crippen LogP contribution in [0.15, 0.2) is 42.5 Å². The van der Waals surface area contributed by atoms with E-state index in [2.05, 4.69) is 5.32 Å². The highest BCUT2D eigenvalue weighted by molar-refractivity contribution is 5.94. The molecule has 0 saturated carbocycles. The molecular formula is C21H26N2O3. The van der Waals surface area contributed by atoms with Crippen molar-refractivity contribution in [2.75, 3.05) is 18.6 Å². The number of carbonyl (C=O) groups excluding carboxylic acids is 2. The molecule has 0 heterocycles. The Balaban J connectivity index is 1.99. The summed E-state index contributed by atoms with van der Waals surface area (Å²) in [6.07, 6.45) is 0.225. The van der Waals surface area contributed by atoms with Gasteiger partial charge >= 0.3 is 0 Å². The number of carbonyl (C=O) groups is 2. The predicted octanol–water partition coefficient (Wildman–Crippen LogP) is 3.37. The quantitative estimate of drug-likeness (QED) is 0.829. The number of nitrogens with zero attached hydrogens (tertiary/aromatic N) is 1. The average Bonchev–Trinajstić information content (AvgIpc) is 2.60. The molecule has 2 rings (SSSR count). The zero-order valence-electron chi connectivity index (χ0n) is 15.8. The first-order valence-electron chi connectivity index (χ1n) is 8.65. The van der Waals surface area contributed by atoms with Gasteiger partial charge in [0.25, 0.3) is 0 Å². The van der Waals surface area contributed by atoms with E-state index in [0.29, 0.717) is 24.5 Å². The van der Waals surface area contributed by atoms with Crippen LogP contribution < -0.4 is 15.0 Å². The van der Waals surface area contributed by atoms with Crippen LogP contribution in [0.4, 0.5) is 5.69 Å². The van der Waals surface area contributed by atoms with Gasteiger partial charge in [-0.1, -0.05) is 35.9 Å². The lowest BCUT2D eigenvalue weighted by atomic mass is 10.1. The molecule has 0 spiro atoms. The Labute approximate surface area is 155 Å². The highest BCUT2D eigenvalue weighted by Crippen LogP contribution is 2.29. The van der Waals surface area contributed by atoms with E-state index in [1.165, 1.54) is 6.92 Å². The molecule has 0 unspecified atom stereocenters. The minimum Gasteiger partial charge on any atom is -0.495 e. The molecule has 0 bridgehead atoms. The third kappa shape index (κ3) is 5.34. The number of amides is 2. The maximum atomic E-state index is 12.2. The van der Waals surface area contributed by atoms with Crippen molar-refractivity contribution in [3.63, 3.8) is 0 Å². The molecular weight excluding hydrogens is 328 g/mol. The summed E-state index contributed by atoms with van der Waals surface area (Å²) in [5, 5.41) is 2.90. The zero-order valence-corrected chi connectivity index (χ0v) is 15.8. The molecule has 5 heteroatoms. The minimum atomic E-state index is -0.125. The lowest BCUT2D eigenvalue weighted by Gasteiger charge is -2.23. The van der Waals surface area contributed by atoms with Crippen LogP contribution >= 0.6 is 0 Å². The maximum Gasteiger partial charge on any atom is 0.223 e. The molecule has 26 heavy (non-hydrogen) atoms. The fourth-order valence-electron chi connectivity index (χ4n) is 2.78. The van der Waals surface area contributed by atoms with Crippen molar-refractivity contribution in [3.8, 4) is 5.75 Å². The molecule has 0 radical (unpaired) electrons. The minimum absolute atomic E-state index is 0.0932. The monoisotopic (exact) mass is 354 g/mol. The average molecular weight is 354 g/mol. The van der Waals surface area contributed by atoms with E-state index in [9.17, 15) is 9.59 Å². The highest BCUT2D eigenvalue weighted by atomic mass is 16.5. The normalized spacial score (nSPS) is 10.3. The molecule has 1 N–H and O–H groups in total. The Morgan fingerprint density at radius 2 is 1.81 bits per heavy atom. The van der Waals surface area contributed by atoms with Gasteiger partial charge in [-0.2, -0.15) is 0 Å². The van der Waals surface area contributed by atoms with Crippen molar-refractivity contribution in [2.24, 2.45) is 0 Å². The summed E-state index contributed by atoms with van der Waals surface area (Å²) in [5.41, 5.74) is 3.93. The Bertz CT molecular complexity index is 787. The molecule has 0 saturated heterocycles. The summed E-state index contributed by atoms with van der Waals surface area (Å²) in [7, 11) is 1.57. The third-order valence-electron chi connectivity index (χ3n) is 4.14. The highest BCUT2D eigenvalue weighted by Gasteiger charge is 2.17. The zero-order chi connectivity index (χ0) is 19.1. The number of anilines is 1. The fraction of sp³-hybridized carbons (Fsp3) is 0.333. The van der Waals surface area contributed by atoms with Crippen LogP contribution in [0.2, 0.25) is 0 Å². The van der Waals surface area contributed by atoms with E-state index < -0.39 is 0 Å². The van der Waals surface area contributed by atoms with E-state index >= 15 is 0 Å². The Morgan fingerprint density at radius 1 is 1.08 bits per heavy atom. The Kier molecular flexibility index (Phi) is 6.78. The molecule has 2 aromatic carbocycles. The molecule has 0 aliphatic heterocycles. The number of benzene rings is 2. The van der Waals surface area contributed by atoms with Crippen molar-refractivity contribution in [3.05, 3.63) is 59.2 Å². The first-order chi connectivity index (χ1) is 12.4. The first kappa shape index (κ1) is 19.5. The molecule has 0 fully saturated rings. The van der Waals surface area contributed by atoms with Gasteiger partial charge in [0.2, 0.25) is 11.8 Å². The molecule has 0 aromatic heterocycles. The van der Waals surface area contributed by atoms with Gasteiger partial charge in [-0.05, 0) is 37.1 Å². The van der Waals surface area contributed by atoms with Crippen LogP contribution in [0.3, 0.4) is 0 Å². The van der Waals surface area contributed by atoms with Crippen LogP contribution in [0.1, 0.15) is 30.0 Å². The van der Waals surface area contributed by atoms with Crippen LogP contribution in [0.25, 0.3) is 0 Å². The number of methoxy groups -OCH3 is 1. The van der Waals surface area contributed by atoms with Crippen LogP contribution in [0, 0.1) is 13.8 Å². The molecule has 0 atom stereocenters. The largest absolute Gasteiger partial charge is 0.495 e. The topological polar surface area (TPSA) is 58.6 Å². The van der Waals surface area contributed by atoms with Crippen molar-refractivity contribution in [1.29, 1.82) is 0 Å². The molecule has 0 aliphatic carbocycles. The molecule has 2 amide bonds. The summed E-state index contributed by atoms with van der Waals surface area (Å²) < 4.78 is 5.36. The summed E-state index contributed by atoms with van der Waals surface area (Å²) in [6.45, 7) is 6.25. The van der Waals surface area contributed by atoms with Gasteiger partial charge in [0.15, 0.2) is 0 Å². The maximum absolute atomic E-state index is 12.2. The van der Waals surface area contributed by atoms with Crippen molar-refractivity contribution in [1.82, 2.24) is 5.32 Å². The molecule has 5 nitrogen and oxygen atoms in total. The van der Waals surface area contributed by atoms with Gasteiger partial charge in [0.05, 0.1) is 12.8 Å². The second-order valence-corrected chi connectivity index (χ2v) is 6.36. The van der Waals surface area contributed by atoms with E-state index in [1.807, 2.05) is 56.3 Å². The summed E-state index contributed by atoms with van der Waals surface area (Å²) in [6, 6.07) is 13.7. The van der Waals surface area contributed by atoms with Gasteiger partial charge in [-0.15, -0.1) is 0 Å². The van der Waals surface area contributed by atoms with Gasteiger partial charge in [-0.3, -0.25) is 9.59 Å². The van der Waals surface area contributed by atoms with Gasteiger partial charge < -0.3 is 15.0 Å². The van der Waals surface area contributed by atoms with Crippen molar-refractivity contribution < 1.29 is 14.3 Å². The SMILES string of the molecule is COc1ccc(C)cc1N(CCC(=O)NCc1cccc(C)c1)C(C)=O. The number of hydrogen-bond donors (Lipinski definition) is 1. The number of nitrogens with one attached hydrogen (secondary N) is 1. The third-order valence-corrected chi connectivity index (χ3v) is 4.14. The number of rotatable bonds is 7. The van der Waals surface area contributed by atoms with Crippen molar-refractivity contribution in [2.45, 2.75) is 33.7 Å². The fourth-order valence-corrected chi connectivity index (χ4v) is 2.78. The van der Waals surface area contributed by atoms with Crippen molar-refractivity contribution >= 4 is 17.5 Å². The number of hydrogen-bond acceptors (Lipinski definition) is 3. The van der Waals surface area contributed by atoms with Crippen LogP contribution in [0.5, 0.6) is 5.75 Å². The smallest absolute Gasteiger partial charge is 0.223 e. The lowest BCUT2D eigenvalue weighted by Crippen LogP contribution is -2.34. The van der Waals surface area contributed by atoms with E-state index in [1.54, 1.807) is 12.0 Å². The second kappa shape index (κ2) is 9.04. The molecule has 2 aromatic rings. The van der Waals surface area contributed by atoms with E-state index in [-0.39, 0.29) is 18.2 Å². The summed E-state index contributed by atoms with van der Waals surface area (Å²) >= 11 is 0. The van der Waals surface area contributed by atoms with E-state index in [4.69, 9.17) is 4.74 Å². The molecule has 0 aliphatic rings. The number of aryl methyl sites for hydroxylation is 2. The Morgan fingerprint density at radius 3 is 2.46 bits per heavy atom.